The molecule has 7 heteroatoms. The molecule has 0 spiro atoms. The monoisotopic (exact) mass is 339 g/mol. The van der Waals surface area contributed by atoms with Crippen LogP contribution in [-0.2, 0) is 14.8 Å². The molecule has 0 aliphatic carbocycles. The normalized spacial score (nSPS) is 21.6. The van der Waals surface area contributed by atoms with Gasteiger partial charge in [-0.2, -0.15) is 0 Å². The van der Waals surface area contributed by atoms with Gasteiger partial charge in [0.2, 0.25) is 10.0 Å². The molecule has 0 amide bonds. The Bertz CT molecular complexity index is 466. The molecule has 1 aromatic rings. The number of thiophene rings is 1. The van der Waals surface area contributed by atoms with E-state index in [4.69, 9.17) is 4.74 Å². The third-order valence-electron chi connectivity index (χ3n) is 2.63. The minimum Gasteiger partial charge on any atom is -0.381 e. The molecule has 2 heterocycles. The van der Waals surface area contributed by atoms with Crippen molar-refractivity contribution in [3.63, 3.8) is 0 Å². The molecule has 0 saturated carbocycles. The van der Waals surface area contributed by atoms with Gasteiger partial charge in [-0.15, -0.1) is 11.3 Å². The Hall–Kier alpha value is 0.0500. The van der Waals surface area contributed by atoms with E-state index in [9.17, 15) is 8.42 Å². The van der Waals surface area contributed by atoms with Gasteiger partial charge < -0.3 is 4.74 Å². The molecule has 1 N–H and O–H groups in total. The Balaban J connectivity index is 1.93. The predicted octanol–water partition coefficient (Wildman–Crippen LogP) is 2.22. The molecular formula is C10H14BrNO3S2. The molecule has 0 radical (unpaired) electrons. The molecule has 17 heavy (non-hydrogen) atoms. The maximum Gasteiger partial charge on any atom is 0.250 e. The fraction of sp³-hybridized carbons (Fsp3) is 0.600. The average Bonchev–Trinajstić information content (AvgIpc) is 2.76. The first-order valence-corrected chi connectivity index (χ1v) is 8.50. The summed E-state index contributed by atoms with van der Waals surface area (Å²) in [6.45, 7) is 1.90. The number of rotatable bonds is 4. The number of nitrogens with one attached hydrogen (secondary N) is 1. The second-order valence-electron chi connectivity index (χ2n) is 3.99. The molecule has 1 saturated heterocycles. The Morgan fingerprint density at radius 3 is 2.94 bits per heavy atom. The average molecular weight is 340 g/mol. The van der Waals surface area contributed by atoms with Crippen molar-refractivity contribution < 1.29 is 13.2 Å². The summed E-state index contributed by atoms with van der Waals surface area (Å²) in [4.78, 5) is 0. The van der Waals surface area contributed by atoms with Crippen LogP contribution in [0.15, 0.2) is 20.1 Å². The molecule has 1 unspecified atom stereocenters. The van der Waals surface area contributed by atoms with Crippen molar-refractivity contribution in [2.24, 2.45) is 5.92 Å². The first kappa shape index (κ1) is 13.5. The third kappa shape index (κ3) is 3.75. The van der Waals surface area contributed by atoms with Crippen molar-refractivity contribution in [3.8, 4) is 0 Å². The van der Waals surface area contributed by atoms with E-state index in [0.29, 0.717) is 23.3 Å². The summed E-state index contributed by atoms with van der Waals surface area (Å²) in [7, 11) is -3.36. The lowest BCUT2D eigenvalue weighted by Gasteiger charge is -2.21. The zero-order chi connectivity index (χ0) is 12.3. The van der Waals surface area contributed by atoms with E-state index in [-0.39, 0.29) is 0 Å². The maximum absolute atomic E-state index is 11.9. The molecule has 4 nitrogen and oxygen atoms in total. The zero-order valence-electron chi connectivity index (χ0n) is 9.19. The van der Waals surface area contributed by atoms with Crippen molar-refractivity contribution in [2.75, 3.05) is 19.8 Å². The van der Waals surface area contributed by atoms with Crippen LogP contribution < -0.4 is 4.72 Å². The van der Waals surface area contributed by atoms with Crippen LogP contribution in [-0.4, -0.2) is 28.2 Å². The van der Waals surface area contributed by atoms with Crippen molar-refractivity contribution in [2.45, 2.75) is 17.1 Å². The van der Waals surface area contributed by atoms with Gasteiger partial charge in [-0.1, -0.05) is 0 Å². The Morgan fingerprint density at radius 1 is 1.53 bits per heavy atom. The molecule has 2 rings (SSSR count). The molecule has 1 aliphatic heterocycles. The smallest absolute Gasteiger partial charge is 0.250 e. The second-order valence-corrected chi connectivity index (χ2v) is 8.45. The van der Waals surface area contributed by atoms with E-state index >= 15 is 0 Å². The summed E-state index contributed by atoms with van der Waals surface area (Å²) in [5, 5.41) is 0. The zero-order valence-corrected chi connectivity index (χ0v) is 12.4. The van der Waals surface area contributed by atoms with Crippen LogP contribution in [0.1, 0.15) is 12.8 Å². The quantitative estimate of drug-likeness (QED) is 0.914. The van der Waals surface area contributed by atoms with Crippen LogP contribution in [0.5, 0.6) is 0 Å². The molecule has 1 aromatic heterocycles. The summed E-state index contributed by atoms with van der Waals surface area (Å²) in [6.07, 6.45) is 2.04. The van der Waals surface area contributed by atoms with Gasteiger partial charge in [-0.3, -0.25) is 0 Å². The van der Waals surface area contributed by atoms with E-state index in [1.54, 1.807) is 12.1 Å². The first-order valence-electron chi connectivity index (χ1n) is 5.41. The highest BCUT2D eigenvalue weighted by Crippen LogP contribution is 2.26. The number of ether oxygens (including phenoxy) is 1. The second kappa shape index (κ2) is 5.79. The van der Waals surface area contributed by atoms with E-state index in [0.717, 1.165) is 23.2 Å². The van der Waals surface area contributed by atoms with Crippen LogP contribution in [0.25, 0.3) is 0 Å². The molecule has 96 valence electrons. The molecule has 0 aromatic carbocycles. The molecule has 1 aliphatic rings. The van der Waals surface area contributed by atoms with Crippen molar-refractivity contribution in [3.05, 3.63) is 15.9 Å². The van der Waals surface area contributed by atoms with Crippen LogP contribution in [0, 0.1) is 5.92 Å². The fourth-order valence-electron chi connectivity index (χ4n) is 1.71. The number of hydrogen-bond donors (Lipinski definition) is 1. The molecule has 0 bridgehead atoms. The van der Waals surface area contributed by atoms with E-state index in [1.165, 1.54) is 11.3 Å². The highest BCUT2D eigenvalue weighted by molar-refractivity contribution is 9.11. The first-order chi connectivity index (χ1) is 8.08. The van der Waals surface area contributed by atoms with Gasteiger partial charge in [-0.05, 0) is 46.8 Å². The lowest BCUT2D eigenvalue weighted by Crippen LogP contribution is -2.32. The summed E-state index contributed by atoms with van der Waals surface area (Å²) in [5.41, 5.74) is 0. The Kier molecular flexibility index (Phi) is 4.59. The van der Waals surface area contributed by atoms with Gasteiger partial charge in [0.1, 0.15) is 4.21 Å². The van der Waals surface area contributed by atoms with Gasteiger partial charge in [0.15, 0.2) is 0 Å². The lowest BCUT2D eigenvalue weighted by molar-refractivity contribution is 0.0568. The molecule has 1 atom stereocenters. The predicted molar refractivity (Wildman–Crippen MR) is 70.8 cm³/mol. The van der Waals surface area contributed by atoms with Crippen LogP contribution >= 0.6 is 27.3 Å². The highest BCUT2D eigenvalue weighted by Gasteiger charge is 2.20. The summed E-state index contributed by atoms with van der Waals surface area (Å²) < 4.78 is 33.0. The number of hydrogen-bond acceptors (Lipinski definition) is 4. The Morgan fingerprint density at radius 2 is 2.35 bits per heavy atom. The van der Waals surface area contributed by atoms with Gasteiger partial charge >= 0.3 is 0 Å². The Labute approximate surface area is 114 Å². The SMILES string of the molecule is O=S(=O)(NCC1CCCOC1)c1ccc(Br)s1. The lowest BCUT2D eigenvalue weighted by atomic mass is 10.0. The van der Waals surface area contributed by atoms with Gasteiger partial charge in [0.25, 0.3) is 0 Å². The van der Waals surface area contributed by atoms with Gasteiger partial charge in [-0.25, -0.2) is 13.1 Å². The minimum atomic E-state index is -3.36. The van der Waals surface area contributed by atoms with Crippen LogP contribution in [0.3, 0.4) is 0 Å². The standard InChI is InChI=1S/C10H14BrNO3S2/c11-9-3-4-10(16-9)17(13,14)12-6-8-2-1-5-15-7-8/h3-4,8,12H,1-2,5-7H2. The van der Waals surface area contributed by atoms with Crippen molar-refractivity contribution >= 4 is 37.3 Å². The highest BCUT2D eigenvalue weighted by atomic mass is 79.9. The summed E-state index contributed by atoms with van der Waals surface area (Å²) in [5.74, 6) is 0.293. The summed E-state index contributed by atoms with van der Waals surface area (Å²) in [6, 6.07) is 3.34. The minimum absolute atomic E-state index is 0.293. The van der Waals surface area contributed by atoms with Gasteiger partial charge in [0, 0.05) is 13.2 Å². The van der Waals surface area contributed by atoms with E-state index in [2.05, 4.69) is 20.7 Å². The fourth-order valence-corrected chi connectivity index (χ4v) is 4.88. The van der Waals surface area contributed by atoms with Crippen LogP contribution in [0.2, 0.25) is 0 Å². The number of sulfonamides is 1. The molecule has 1 fully saturated rings. The third-order valence-corrected chi connectivity index (χ3v) is 6.17. The largest absolute Gasteiger partial charge is 0.381 e. The topological polar surface area (TPSA) is 55.4 Å². The van der Waals surface area contributed by atoms with Gasteiger partial charge in [0.05, 0.1) is 10.4 Å². The van der Waals surface area contributed by atoms with Crippen molar-refractivity contribution in [1.29, 1.82) is 0 Å². The summed E-state index contributed by atoms with van der Waals surface area (Å²) >= 11 is 4.47. The molecular weight excluding hydrogens is 326 g/mol. The van der Waals surface area contributed by atoms with E-state index in [1.807, 2.05) is 0 Å². The van der Waals surface area contributed by atoms with E-state index < -0.39 is 10.0 Å². The number of halogens is 1. The van der Waals surface area contributed by atoms with Crippen molar-refractivity contribution in [1.82, 2.24) is 4.72 Å². The maximum atomic E-state index is 11.9. The van der Waals surface area contributed by atoms with Crippen LogP contribution in [0.4, 0.5) is 0 Å².